The third kappa shape index (κ3) is 8.30. The van der Waals surface area contributed by atoms with Crippen molar-refractivity contribution >= 4 is 57.5 Å². The highest BCUT2D eigenvalue weighted by Crippen LogP contribution is 2.30. The molecular formula is C35H39ClN4O2S. The van der Waals surface area contributed by atoms with Gasteiger partial charge in [0.1, 0.15) is 5.82 Å². The Morgan fingerprint density at radius 1 is 0.953 bits per heavy atom. The van der Waals surface area contributed by atoms with Crippen LogP contribution in [0.1, 0.15) is 53.6 Å². The summed E-state index contributed by atoms with van der Waals surface area (Å²) < 4.78 is 0. The number of rotatable bonds is 11. The number of fused-ring (bicyclic) bond motifs is 1. The molecule has 0 saturated heterocycles. The van der Waals surface area contributed by atoms with Gasteiger partial charge in [-0.25, -0.2) is 4.98 Å². The number of benzene rings is 3. The molecule has 1 atom stereocenters. The minimum absolute atomic E-state index is 0.0170. The number of para-hydroxylation sites is 1. The number of nitrogens with zero attached hydrogens (tertiary/aromatic N) is 2. The number of anilines is 2. The molecule has 8 heteroatoms. The second-order valence-electron chi connectivity index (χ2n) is 11.6. The van der Waals surface area contributed by atoms with Crippen molar-refractivity contribution in [2.24, 2.45) is 0 Å². The van der Waals surface area contributed by atoms with Crippen LogP contribution in [-0.4, -0.2) is 48.1 Å². The Hall–Kier alpha value is -3.55. The Morgan fingerprint density at radius 3 is 2.33 bits per heavy atom. The van der Waals surface area contributed by atoms with Crippen molar-refractivity contribution in [3.05, 3.63) is 101 Å². The summed E-state index contributed by atoms with van der Waals surface area (Å²) in [7, 11) is 4.10. The van der Waals surface area contributed by atoms with Gasteiger partial charge in [0, 0.05) is 66.1 Å². The van der Waals surface area contributed by atoms with Crippen molar-refractivity contribution in [1.29, 1.82) is 0 Å². The Kier molecular flexibility index (Phi) is 10.3. The number of nitrogens with one attached hydrogen (secondary N) is 2. The van der Waals surface area contributed by atoms with Crippen LogP contribution in [0, 0.1) is 6.92 Å². The van der Waals surface area contributed by atoms with Crippen LogP contribution in [0.3, 0.4) is 0 Å². The number of amides is 1. The molecule has 0 bridgehead atoms. The summed E-state index contributed by atoms with van der Waals surface area (Å²) >= 11 is 7.56. The first-order valence-corrected chi connectivity index (χ1v) is 16.3. The van der Waals surface area contributed by atoms with Crippen LogP contribution in [0.5, 0.6) is 0 Å². The summed E-state index contributed by atoms with van der Waals surface area (Å²) in [4.78, 5) is 33.7. The van der Waals surface area contributed by atoms with Crippen LogP contribution in [-0.2, 0) is 10.5 Å². The fourth-order valence-electron chi connectivity index (χ4n) is 5.52. The lowest BCUT2D eigenvalue weighted by atomic mass is 9.91. The third-order valence-corrected chi connectivity index (χ3v) is 9.54. The van der Waals surface area contributed by atoms with Crippen LogP contribution in [0.15, 0.2) is 78.9 Å². The quantitative estimate of drug-likeness (QED) is 0.169. The number of carbonyl (C=O) groups is 2. The molecule has 1 aliphatic carbocycles. The molecule has 0 radical (unpaired) electrons. The number of ketones is 1. The third-order valence-electron chi connectivity index (χ3n) is 8.00. The highest BCUT2D eigenvalue weighted by Gasteiger charge is 2.28. The van der Waals surface area contributed by atoms with Crippen molar-refractivity contribution in [3.8, 4) is 0 Å². The minimum Gasteiger partial charge on any atom is -0.377 e. The van der Waals surface area contributed by atoms with Gasteiger partial charge in [-0.05, 0) is 56.4 Å². The van der Waals surface area contributed by atoms with Gasteiger partial charge in [0.25, 0.3) is 0 Å². The molecule has 2 N–H and O–H groups in total. The Balaban J connectivity index is 1.20. The zero-order valence-electron chi connectivity index (χ0n) is 25.0. The minimum atomic E-state index is -0.480. The van der Waals surface area contributed by atoms with Gasteiger partial charge in [-0.2, -0.15) is 0 Å². The molecule has 6 nitrogen and oxygen atoms in total. The van der Waals surface area contributed by atoms with Gasteiger partial charge in [-0.1, -0.05) is 71.8 Å². The number of thioether (sulfide) groups is 1. The van der Waals surface area contributed by atoms with E-state index in [4.69, 9.17) is 16.6 Å². The maximum Gasteiger partial charge on any atom is 0.233 e. The SMILES string of the molecule is Cc1ccc(C(=O)CC(SCc2ccc(Cl)cc2)C(=O)NC2CCC(Nc3cc(N(C)C)c4ccccc4n3)CC2)cc1. The van der Waals surface area contributed by atoms with E-state index < -0.39 is 5.25 Å². The zero-order chi connectivity index (χ0) is 30.3. The molecular weight excluding hydrogens is 576 g/mol. The highest BCUT2D eigenvalue weighted by atomic mass is 35.5. The van der Waals surface area contributed by atoms with Crippen LogP contribution in [0.4, 0.5) is 11.5 Å². The topological polar surface area (TPSA) is 74.3 Å². The van der Waals surface area contributed by atoms with Crippen molar-refractivity contribution in [3.63, 3.8) is 0 Å². The van der Waals surface area contributed by atoms with E-state index in [9.17, 15) is 9.59 Å². The maximum atomic E-state index is 13.6. The molecule has 5 rings (SSSR count). The van der Waals surface area contributed by atoms with Crippen LogP contribution >= 0.6 is 23.4 Å². The molecule has 1 aliphatic rings. The van der Waals surface area contributed by atoms with Gasteiger partial charge in [0.15, 0.2) is 5.78 Å². The number of aromatic nitrogens is 1. The molecule has 1 fully saturated rings. The van der Waals surface area contributed by atoms with Crippen LogP contribution in [0.2, 0.25) is 5.02 Å². The molecule has 1 heterocycles. The predicted octanol–water partition coefficient (Wildman–Crippen LogP) is 7.68. The summed E-state index contributed by atoms with van der Waals surface area (Å²) in [6, 6.07) is 25.9. The summed E-state index contributed by atoms with van der Waals surface area (Å²) in [5.41, 5.74) is 4.92. The summed E-state index contributed by atoms with van der Waals surface area (Å²) in [5, 5.41) is 8.26. The van der Waals surface area contributed by atoms with Crippen molar-refractivity contribution < 1.29 is 9.59 Å². The average Bonchev–Trinajstić information content (AvgIpc) is 3.00. The number of carbonyl (C=O) groups excluding carboxylic acids is 2. The molecule has 1 saturated carbocycles. The number of hydrogen-bond acceptors (Lipinski definition) is 6. The maximum absolute atomic E-state index is 13.6. The lowest BCUT2D eigenvalue weighted by Crippen LogP contribution is -2.44. The van der Waals surface area contributed by atoms with E-state index in [1.807, 2.05) is 73.7 Å². The zero-order valence-corrected chi connectivity index (χ0v) is 26.5. The first-order chi connectivity index (χ1) is 20.7. The summed E-state index contributed by atoms with van der Waals surface area (Å²) in [6.07, 6.45) is 3.77. The van der Waals surface area contributed by atoms with Crippen LogP contribution in [0.25, 0.3) is 10.9 Å². The lowest BCUT2D eigenvalue weighted by molar-refractivity contribution is -0.121. The summed E-state index contributed by atoms with van der Waals surface area (Å²) in [5.74, 6) is 1.42. The second kappa shape index (κ2) is 14.3. The smallest absolute Gasteiger partial charge is 0.233 e. The first-order valence-electron chi connectivity index (χ1n) is 14.8. The first kappa shape index (κ1) is 30.9. The number of Topliss-reactive ketones (excluding diaryl/α,β-unsaturated/α-hetero) is 1. The van der Waals surface area contributed by atoms with Gasteiger partial charge < -0.3 is 15.5 Å². The molecule has 43 heavy (non-hydrogen) atoms. The Bertz CT molecular complexity index is 1550. The van der Waals surface area contributed by atoms with Gasteiger partial charge in [0.2, 0.25) is 5.91 Å². The number of halogens is 1. The van der Waals surface area contributed by atoms with Crippen LogP contribution < -0.4 is 15.5 Å². The lowest BCUT2D eigenvalue weighted by Gasteiger charge is -2.31. The van der Waals surface area contributed by atoms with Gasteiger partial charge in [-0.3, -0.25) is 9.59 Å². The number of pyridine rings is 1. The molecule has 224 valence electrons. The molecule has 1 amide bonds. The van der Waals surface area contributed by atoms with E-state index in [0.717, 1.165) is 59.2 Å². The highest BCUT2D eigenvalue weighted by molar-refractivity contribution is 7.99. The van der Waals surface area contributed by atoms with E-state index in [-0.39, 0.29) is 30.2 Å². The second-order valence-corrected chi connectivity index (χ2v) is 13.2. The van der Waals surface area contributed by atoms with Gasteiger partial charge in [-0.15, -0.1) is 11.8 Å². The van der Waals surface area contributed by atoms with E-state index in [1.54, 1.807) is 0 Å². The monoisotopic (exact) mass is 614 g/mol. The van der Waals surface area contributed by atoms with Crippen molar-refractivity contribution in [2.75, 3.05) is 24.3 Å². The number of hydrogen-bond donors (Lipinski definition) is 2. The molecule has 1 aromatic heterocycles. The Labute approximate surface area is 263 Å². The molecule has 1 unspecified atom stereocenters. The van der Waals surface area contributed by atoms with Crippen molar-refractivity contribution in [1.82, 2.24) is 10.3 Å². The Morgan fingerprint density at radius 2 is 1.63 bits per heavy atom. The van der Waals surface area contributed by atoms with E-state index in [0.29, 0.717) is 16.3 Å². The van der Waals surface area contributed by atoms with Gasteiger partial charge in [0.05, 0.1) is 10.8 Å². The molecule has 0 aliphatic heterocycles. The predicted molar refractivity (Wildman–Crippen MR) is 181 cm³/mol. The van der Waals surface area contributed by atoms with E-state index in [1.165, 1.54) is 11.8 Å². The summed E-state index contributed by atoms with van der Waals surface area (Å²) in [6.45, 7) is 2.00. The molecule has 3 aromatic carbocycles. The number of aryl methyl sites for hydroxylation is 1. The largest absolute Gasteiger partial charge is 0.377 e. The van der Waals surface area contributed by atoms with Gasteiger partial charge >= 0.3 is 0 Å². The van der Waals surface area contributed by atoms with E-state index in [2.05, 4.69) is 41.8 Å². The fraction of sp³-hybridized carbons (Fsp3) is 0.343. The van der Waals surface area contributed by atoms with E-state index >= 15 is 0 Å². The average molecular weight is 615 g/mol. The normalized spacial score (nSPS) is 17.3. The fourth-order valence-corrected chi connectivity index (χ4v) is 6.72. The standard InChI is InChI=1S/C35H39ClN4O2S/c1-23-8-12-25(13-9-23)32(41)21-33(43-22-24-10-14-26(36)15-11-24)35(42)38-28-18-16-27(17-19-28)37-34-20-31(40(2)3)29-6-4-5-7-30(29)39-34/h4-15,20,27-28,33H,16-19,21-22H2,1-3H3,(H,37,39)(H,38,42). The van der Waals surface area contributed by atoms with Crippen molar-refractivity contribution in [2.45, 2.75) is 62.1 Å². The molecule has 0 spiro atoms. The molecule has 4 aromatic rings.